The SMILES string of the molecule is CCOc1cc(/C=C2/NC(=O)N(c3cccc(Cl)c3)C2=O)cc(Br)c1OCc1ccc(Cl)cc1. The second-order valence-corrected chi connectivity index (χ2v) is 9.01. The van der Waals surface area contributed by atoms with Crippen LogP contribution >= 0.6 is 39.1 Å². The number of amides is 3. The number of nitrogens with one attached hydrogen (secondary N) is 1. The van der Waals surface area contributed by atoms with Gasteiger partial charge in [-0.15, -0.1) is 0 Å². The Morgan fingerprint density at radius 1 is 1.00 bits per heavy atom. The van der Waals surface area contributed by atoms with Crippen molar-refractivity contribution < 1.29 is 19.1 Å². The summed E-state index contributed by atoms with van der Waals surface area (Å²) < 4.78 is 12.4. The molecule has 3 aromatic rings. The average molecular weight is 562 g/mol. The smallest absolute Gasteiger partial charge is 0.333 e. The molecule has 3 aromatic carbocycles. The fourth-order valence-corrected chi connectivity index (χ4v) is 4.25. The number of benzene rings is 3. The van der Waals surface area contributed by atoms with Crippen LogP contribution in [0.3, 0.4) is 0 Å². The zero-order valence-corrected chi connectivity index (χ0v) is 21.1. The predicted molar refractivity (Wildman–Crippen MR) is 137 cm³/mol. The summed E-state index contributed by atoms with van der Waals surface area (Å²) >= 11 is 15.5. The zero-order chi connectivity index (χ0) is 24.2. The van der Waals surface area contributed by atoms with Gasteiger partial charge in [0.2, 0.25) is 0 Å². The van der Waals surface area contributed by atoms with Crippen LogP contribution in [0.2, 0.25) is 10.0 Å². The average Bonchev–Trinajstić information content (AvgIpc) is 3.07. The molecule has 4 rings (SSSR count). The first-order chi connectivity index (χ1) is 16.4. The van der Waals surface area contributed by atoms with Crippen LogP contribution in [0.25, 0.3) is 6.08 Å². The van der Waals surface area contributed by atoms with Crippen molar-refractivity contribution in [3.63, 3.8) is 0 Å². The molecule has 3 amide bonds. The first-order valence-electron chi connectivity index (χ1n) is 10.3. The molecule has 9 heteroatoms. The minimum atomic E-state index is -0.550. The Labute approximate surface area is 215 Å². The number of ether oxygens (including phenoxy) is 2. The van der Waals surface area contributed by atoms with Crippen LogP contribution in [0, 0.1) is 0 Å². The van der Waals surface area contributed by atoms with Gasteiger partial charge in [-0.05, 0) is 82.5 Å². The Bertz CT molecular complexity index is 1280. The van der Waals surface area contributed by atoms with Crippen LogP contribution in [-0.2, 0) is 11.4 Å². The lowest BCUT2D eigenvalue weighted by Crippen LogP contribution is -2.30. The van der Waals surface area contributed by atoms with Gasteiger partial charge in [0, 0.05) is 10.0 Å². The Hall–Kier alpha value is -3.00. The first kappa shape index (κ1) is 24.1. The lowest BCUT2D eigenvalue weighted by Gasteiger charge is -2.15. The van der Waals surface area contributed by atoms with Crippen LogP contribution < -0.4 is 19.7 Å². The number of rotatable bonds is 7. The van der Waals surface area contributed by atoms with E-state index < -0.39 is 11.9 Å². The summed E-state index contributed by atoms with van der Waals surface area (Å²) in [7, 11) is 0. The zero-order valence-electron chi connectivity index (χ0n) is 18.0. The second kappa shape index (κ2) is 10.5. The molecule has 1 N–H and O–H groups in total. The van der Waals surface area contributed by atoms with Crippen molar-refractivity contribution in [2.24, 2.45) is 0 Å². The van der Waals surface area contributed by atoms with E-state index in [4.69, 9.17) is 32.7 Å². The fraction of sp³-hybridized carbons (Fsp3) is 0.120. The van der Waals surface area contributed by atoms with Gasteiger partial charge in [0.25, 0.3) is 5.91 Å². The number of halogens is 3. The highest BCUT2D eigenvalue weighted by Crippen LogP contribution is 2.38. The highest BCUT2D eigenvalue weighted by molar-refractivity contribution is 9.10. The molecule has 34 heavy (non-hydrogen) atoms. The molecular weight excluding hydrogens is 543 g/mol. The highest BCUT2D eigenvalue weighted by atomic mass is 79.9. The maximum Gasteiger partial charge on any atom is 0.333 e. The molecule has 0 bridgehead atoms. The predicted octanol–water partition coefficient (Wildman–Crippen LogP) is 6.83. The van der Waals surface area contributed by atoms with Crippen molar-refractivity contribution in [2.45, 2.75) is 13.5 Å². The van der Waals surface area contributed by atoms with Gasteiger partial charge in [-0.25, -0.2) is 9.69 Å². The van der Waals surface area contributed by atoms with E-state index in [-0.39, 0.29) is 5.70 Å². The monoisotopic (exact) mass is 560 g/mol. The van der Waals surface area contributed by atoms with Gasteiger partial charge in [0.05, 0.1) is 16.8 Å². The van der Waals surface area contributed by atoms with E-state index in [2.05, 4.69) is 21.2 Å². The van der Waals surface area contributed by atoms with Crippen molar-refractivity contribution in [2.75, 3.05) is 11.5 Å². The Morgan fingerprint density at radius 3 is 2.47 bits per heavy atom. The van der Waals surface area contributed by atoms with Crippen molar-refractivity contribution >= 4 is 62.8 Å². The standard InChI is InChI=1S/C25H19BrCl2N2O4/c1-2-33-22-12-16(10-20(26)23(22)34-14-15-6-8-17(27)9-7-15)11-21-24(31)30(25(32)29-21)19-5-3-4-18(28)13-19/h3-13H,2,14H2,1H3,(H,29,32)/b21-11+. The molecule has 1 heterocycles. The molecular formula is C25H19BrCl2N2O4. The van der Waals surface area contributed by atoms with Crippen molar-refractivity contribution in [1.82, 2.24) is 5.32 Å². The molecule has 1 fully saturated rings. The minimum Gasteiger partial charge on any atom is -0.490 e. The van der Waals surface area contributed by atoms with E-state index >= 15 is 0 Å². The molecule has 1 saturated heterocycles. The maximum absolute atomic E-state index is 12.9. The summed E-state index contributed by atoms with van der Waals surface area (Å²) in [6, 6.07) is 16.9. The Morgan fingerprint density at radius 2 is 1.76 bits per heavy atom. The fourth-order valence-electron chi connectivity index (χ4n) is 3.36. The topological polar surface area (TPSA) is 67.9 Å². The van der Waals surface area contributed by atoms with E-state index in [1.54, 1.807) is 54.6 Å². The van der Waals surface area contributed by atoms with E-state index in [0.717, 1.165) is 10.5 Å². The highest BCUT2D eigenvalue weighted by Gasteiger charge is 2.35. The number of hydrogen-bond donors (Lipinski definition) is 1. The van der Waals surface area contributed by atoms with Gasteiger partial charge >= 0.3 is 6.03 Å². The molecule has 0 unspecified atom stereocenters. The lowest BCUT2D eigenvalue weighted by molar-refractivity contribution is -0.113. The molecule has 0 radical (unpaired) electrons. The normalized spacial score (nSPS) is 14.5. The number of urea groups is 1. The summed E-state index contributed by atoms with van der Waals surface area (Å²) in [6.45, 7) is 2.60. The summed E-state index contributed by atoms with van der Waals surface area (Å²) in [6.07, 6.45) is 1.58. The number of carbonyl (C=O) groups is 2. The van der Waals surface area contributed by atoms with Gasteiger partial charge in [-0.3, -0.25) is 4.79 Å². The van der Waals surface area contributed by atoms with Gasteiger partial charge in [-0.2, -0.15) is 0 Å². The minimum absolute atomic E-state index is 0.133. The molecule has 174 valence electrons. The first-order valence-corrected chi connectivity index (χ1v) is 11.9. The van der Waals surface area contributed by atoms with Crippen LogP contribution in [0.1, 0.15) is 18.1 Å². The van der Waals surface area contributed by atoms with Crippen molar-refractivity contribution in [1.29, 1.82) is 0 Å². The number of carbonyl (C=O) groups excluding carboxylic acids is 2. The van der Waals surface area contributed by atoms with Crippen LogP contribution in [0.5, 0.6) is 11.5 Å². The Kier molecular flexibility index (Phi) is 7.46. The lowest BCUT2D eigenvalue weighted by atomic mass is 10.1. The van der Waals surface area contributed by atoms with Crippen LogP contribution in [0.15, 0.2) is 70.8 Å². The number of imide groups is 1. The summed E-state index contributed by atoms with van der Waals surface area (Å²) in [4.78, 5) is 26.4. The molecule has 0 aromatic heterocycles. The van der Waals surface area contributed by atoms with Crippen LogP contribution in [0.4, 0.5) is 10.5 Å². The molecule has 6 nitrogen and oxygen atoms in total. The van der Waals surface area contributed by atoms with E-state index in [1.807, 2.05) is 19.1 Å². The van der Waals surface area contributed by atoms with E-state index in [1.165, 1.54) is 0 Å². The summed E-state index contributed by atoms with van der Waals surface area (Å²) in [5.41, 5.74) is 2.12. The molecule has 1 aliphatic heterocycles. The number of hydrogen-bond acceptors (Lipinski definition) is 4. The third-order valence-corrected chi connectivity index (χ3v) is 5.96. The van der Waals surface area contributed by atoms with Gasteiger partial charge in [0.15, 0.2) is 11.5 Å². The van der Waals surface area contributed by atoms with E-state index in [0.29, 0.717) is 50.5 Å². The number of nitrogens with zero attached hydrogens (tertiary/aromatic N) is 1. The molecule has 0 aliphatic carbocycles. The summed E-state index contributed by atoms with van der Waals surface area (Å²) in [5, 5.41) is 3.69. The van der Waals surface area contributed by atoms with E-state index in [9.17, 15) is 9.59 Å². The third-order valence-electron chi connectivity index (χ3n) is 4.88. The molecule has 0 atom stereocenters. The molecule has 0 saturated carbocycles. The second-order valence-electron chi connectivity index (χ2n) is 7.29. The third kappa shape index (κ3) is 5.38. The quantitative estimate of drug-likeness (QED) is 0.253. The van der Waals surface area contributed by atoms with Crippen LogP contribution in [-0.4, -0.2) is 18.5 Å². The molecule has 0 spiro atoms. The van der Waals surface area contributed by atoms with Gasteiger partial charge in [-0.1, -0.05) is 41.4 Å². The molecule has 1 aliphatic rings. The van der Waals surface area contributed by atoms with Gasteiger partial charge < -0.3 is 14.8 Å². The van der Waals surface area contributed by atoms with Gasteiger partial charge in [0.1, 0.15) is 12.3 Å². The number of anilines is 1. The Balaban J connectivity index is 1.60. The van der Waals surface area contributed by atoms with Crippen molar-refractivity contribution in [3.8, 4) is 11.5 Å². The maximum atomic E-state index is 12.9. The largest absolute Gasteiger partial charge is 0.490 e. The van der Waals surface area contributed by atoms with Crippen molar-refractivity contribution in [3.05, 3.63) is 92.0 Å². The summed E-state index contributed by atoms with van der Waals surface area (Å²) in [5.74, 6) is 0.548.